The minimum Gasteiger partial charge on any atom is -0.378 e. The quantitative estimate of drug-likeness (QED) is 0.0748. The minimum atomic E-state index is -0.234. The molecule has 1 unspecified atom stereocenters. The maximum Gasteiger partial charge on any atom is 0.250 e. The maximum absolute atomic E-state index is 12.4. The van der Waals surface area contributed by atoms with Gasteiger partial charge in [0.2, 0.25) is 11.8 Å². The summed E-state index contributed by atoms with van der Waals surface area (Å²) in [5.74, 6) is -0.444. The number of hydrogen-bond donors (Lipinski definition) is 3. The van der Waals surface area contributed by atoms with Crippen molar-refractivity contribution in [1.82, 2.24) is 5.32 Å². The minimum absolute atomic E-state index is 0.0580. The monoisotopic (exact) mass is 693 g/mol. The maximum atomic E-state index is 12.4. The summed E-state index contributed by atoms with van der Waals surface area (Å²) in [6.07, 6.45) is 2.99. The zero-order chi connectivity index (χ0) is 33.5. The van der Waals surface area contributed by atoms with Crippen LogP contribution in [0.15, 0.2) is 18.2 Å². The predicted octanol–water partition coefficient (Wildman–Crippen LogP) is 2.47. The van der Waals surface area contributed by atoms with Crippen molar-refractivity contribution in [1.29, 1.82) is 0 Å². The van der Waals surface area contributed by atoms with Crippen LogP contribution in [0.25, 0.3) is 0 Å². The third kappa shape index (κ3) is 23.8. The Morgan fingerprint density at radius 1 is 0.717 bits per heavy atom. The first-order valence-corrected chi connectivity index (χ1v) is 18.3. The summed E-state index contributed by atoms with van der Waals surface area (Å²) in [7, 11) is 3.46. The van der Waals surface area contributed by atoms with E-state index in [4.69, 9.17) is 43.6 Å². The molecule has 15 heteroatoms. The number of aryl methyl sites for hydroxylation is 1. The normalized spacial score (nSPS) is 11.9. The molecule has 0 heterocycles. The summed E-state index contributed by atoms with van der Waals surface area (Å²) in [6, 6.07) is 6.14. The van der Waals surface area contributed by atoms with Crippen molar-refractivity contribution in [2.24, 2.45) is 5.73 Å². The van der Waals surface area contributed by atoms with Crippen molar-refractivity contribution < 1.29 is 47.5 Å². The summed E-state index contributed by atoms with van der Waals surface area (Å²) >= 11 is 0. The number of nitrogens with one attached hydrogen (secondary N) is 2. The molecule has 4 N–H and O–H groups in total. The number of carbonyl (C=O) groups is 2. The standard InChI is InChI=1S/C31H55N3O10S2/c1-4-27-5-6-29(28(23-27)26(2)46-45-3)34-31(36)25-44-21-19-38-10-8-33-30(35)24-43-22-20-42-18-17-41-16-15-40-14-13-39-12-11-37-9-7-32/h5-6,23,26H,4,7-22,24-25,32H2,1-3H3,(H,33,35)(H,34,36). The van der Waals surface area contributed by atoms with Gasteiger partial charge in [-0.25, -0.2) is 0 Å². The van der Waals surface area contributed by atoms with E-state index in [-0.39, 0.29) is 36.9 Å². The van der Waals surface area contributed by atoms with Crippen LogP contribution >= 0.6 is 21.6 Å². The molecule has 1 atom stereocenters. The Hall–Kier alpha value is -1.50. The summed E-state index contributed by atoms with van der Waals surface area (Å²) in [6.45, 7) is 11.0. The van der Waals surface area contributed by atoms with E-state index in [1.807, 2.05) is 18.4 Å². The first kappa shape index (κ1) is 42.5. The number of anilines is 1. The van der Waals surface area contributed by atoms with Crippen LogP contribution in [0, 0.1) is 0 Å². The van der Waals surface area contributed by atoms with Gasteiger partial charge in [0.05, 0.1) is 92.5 Å². The Balaban J connectivity index is 1.90. The van der Waals surface area contributed by atoms with Gasteiger partial charge in [-0.2, -0.15) is 0 Å². The molecule has 0 fully saturated rings. The lowest BCUT2D eigenvalue weighted by atomic mass is 10.0. The lowest BCUT2D eigenvalue weighted by Crippen LogP contribution is -2.31. The zero-order valence-electron chi connectivity index (χ0n) is 27.7. The van der Waals surface area contributed by atoms with E-state index < -0.39 is 0 Å². The smallest absolute Gasteiger partial charge is 0.250 e. The SMILES string of the molecule is CCc1ccc(NC(=O)COCCOCCNC(=O)COCCOCCOCCOCCOCCOCCN)c(C(C)SSC)c1. The van der Waals surface area contributed by atoms with Gasteiger partial charge in [0, 0.05) is 24.0 Å². The van der Waals surface area contributed by atoms with Crippen LogP contribution in [-0.2, 0) is 53.9 Å². The Morgan fingerprint density at radius 3 is 1.70 bits per heavy atom. The highest BCUT2D eigenvalue weighted by molar-refractivity contribution is 8.76. The molecular formula is C31H55N3O10S2. The van der Waals surface area contributed by atoms with Crippen LogP contribution in [0.4, 0.5) is 5.69 Å². The third-order valence-electron chi connectivity index (χ3n) is 6.01. The van der Waals surface area contributed by atoms with Gasteiger partial charge in [0.1, 0.15) is 13.2 Å². The molecule has 46 heavy (non-hydrogen) atoms. The fourth-order valence-electron chi connectivity index (χ4n) is 3.71. The summed E-state index contributed by atoms with van der Waals surface area (Å²) in [4.78, 5) is 24.3. The van der Waals surface area contributed by atoms with E-state index in [0.29, 0.717) is 99.0 Å². The van der Waals surface area contributed by atoms with Crippen LogP contribution in [-0.4, -0.2) is 137 Å². The number of amides is 2. The highest BCUT2D eigenvalue weighted by Gasteiger charge is 2.14. The fourth-order valence-corrected chi connectivity index (χ4v) is 5.48. The molecule has 2 amide bonds. The van der Waals surface area contributed by atoms with Crippen LogP contribution in [0.1, 0.15) is 30.2 Å². The summed E-state index contributed by atoms with van der Waals surface area (Å²) in [5.41, 5.74) is 8.48. The highest BCUT2D eigenvalue weighted by atomic mass is 33.1. The van der Waals surface area contributed by atoms with Crippen molar-refractivity contribution in [2.45, 2.75) is 25.5 Å². The molecule has 1 aromatic rings. The van der Waals surface area contributed by atoms with Crippen LogP contribution in [0.5, 0.6) is 0 Å². The zero-order valence-corrected chi connectivity index (χ0v) is 29.4. The summed E-state index contributed by atoms with van der Waals surface area (Å²) in [5, 5.41) is 5.93. The van der Waals surface area contributed by atoms with Crippen molar-refractivity contribution in [3.8, 4) is 0 Å². The first-order valence-electron chi connectivity index (χ1n) is 15.7. The Morgan fingerprint density at radius 2 is 1.20 bits per heavy atom. The van der Waals surface area contributed by atoms with Crippen LogP contribution in [0.3, 0.4) is 0 Å². The predicted molar refractivity (Wildman–Crippen MR) is 183 cm³/mol. The van der Waals surface area contributed by atoms with E-state index in [0.717, 1.165) is 17.7 Å². The van der Waals surface area contributed by atoms with E-state index in [2.05, 4.69) is 30.5 Å². The molecule has 1 rings (SSSR count). The van der Waals surface area contributed by atoms with Gasteiger partial charge < -0.3 is 54.3 Å². The molecule has 0 aliphatic carbocycles. The van der Waals surface area contributed by atoms with Crippen molar-refractivity contribution in [3.05, 3.63) is 29.3 Å². The molecule has 13 nitrogen and oxygen atoms in total. The molecule has 266 valence electrons. The molecule has 0 spiro atoms. The average molecular weight is 694 g/mol. The number of nitrogens with two attached hydrogens (primary N) is 1. The topological polar surface area (TPSA) is 158 Å². The number of hydrogen-bond acceptors (Lipinski definition) is 13. The molecule has 0 saturated heterocycles. The largest absolute Gasteiger partial charge is 0.378 e. The molecule has 1 aromatic carbocycles. The first-order chi connectivity index (χ1) is 22.5. The van der Waals surface area contributed by atoms with Gasteiger partial charge >= 0.3 is 0 Å². The number of ether oxygens (including phenoxy) is 8. The second-order valence-electron chi connectivity index (χ2n) is 9.65. The molecule has 0 aliphatic rings. The van der Waals surface area contributed by atoms with E-state index >= 15 is 0 Å². The highest BCUT2D eigenvalue weighted by Crippen LogP contribution is 2.39. The fraction of sp³-hybridized carbons (Fsp3) is 0.742. The summed E-state index contributed by atoms with van der Waals surface area (Å²) < 4.78 is 43.0. The average Bonchev–Trinajstić information content (AvgIpc) is 3.05. The van der Waals surface area contributed by atoms with Crippen molar-refractivity contribution >= 4 is 39.1 Å². The molecule has 0 aromatic heterocycles. The second-order valence-corrected chi connectivity index (χ2v) is 12.5. The van der Waals surface area contributed by atoms with Crippen LogP contribution in [0.2, 0.25) is 0 Å². The number of rotatable bonds is 32. The molecule has 0 saturated carbocycles. The number of carbonyl (C=O) groups excluding carboxylic acids is 2. The molecule has 0 radical (unpaired) electrons. The lowest BCUT2D eigenvalue weighted by molar-refractivity contribution is -0.126. The van der Waals surface area contributed by atoms with Gasteiger partial charge in [-0.05, 0) is 36.8 Å². The third-order valence-corrected chi connectivity index (χ3v) is 8.18. The van der Waals surface area contributed by atoms with E-state index in [9.17, 15) is 9.59 Å². The Labute approximate surface area is 282 Å². The van der Waals surface area contributed by atoms with Gasteiger partial charge in [0.25, 0.3) is 0 Å². The van der Waals surface area contributed by atoms with Gasteiger partial charge in [-0.15, -0.1) is 0 Å². The second kappa shape index (κ2) is 30.8. The molecule has 0 aliphatic heterocycles. The van der Waals surface area contributed by atoms with Gasteiger partial charge in [-0.1, -0.05) is 40.6 Å². The van der Waals surface area contributed by atoms with Crippen molar-refractivity contribution in [3.63, 3.8) is 0 Å². The Bertz CT molecular complexity index is 904. The van der Waals surface area contributed by atoms with Crippen LogP contribution < -0.4 is 16.4 Å². The van der Waals surface area contributed by atoms with Gasteiger partial charge in [0.15, 0.2) is 0 Å². The van der Waals surface area contributed by atoms with Gasteiger partial charge in [-0.3, -0.25) is 9.59 Å². The molecule has 0 bridgehead atoms. The van der Waals surface area contributed by atoms with Crippen molar-refractivity contribution in [2.75, 3.05) is 130 Å². The molecular weight excluding hydrogens is 638 g/mol. The number of benzene rings is 1. The Kier molecular flexibility index (Phi) is 28.5. The lowest BCUT2D eigenvalue weighted by Gasteiger charge is -2.17. The van der Waals surface area contributed by atoms with E-state index in [1.54, 1.807) is 21.6 Å². The van der Waals surface area contributed by atoms with E-state index in [1.165, 1.54) is 5.56 Å².